The number of benzene rings is 2. The van der Waals surface area contributed by atoms with Gasteiger partial charge in [-0.2, -0.15) is 0 Å². The van der Waals surface area contributed by atoms with E-state index in [-0.39, 0.29) is 5.91 Å². The number of thiazole rings is 1. The molecule has 0 radical (unpaired) electrons. The average Bonchev–Trinajstić information content (AvgIpc) is 3.28. The van der Waals surface area contributed by atoms with E-state index >= 15 is 0 Å². The molecule has 0 fully saturated rings. The first-order valence-electron chi connectivity index (χ1n) is 9.27. The van der Waals surface area contributed by atoms with Crippen LogP contribution in [0.3, 0.4) is 0 Å². The zero-order chi connectivity index (χ0) is 21.6. The van der Waals surface area contributed by atoms with Crippen LogP contribution in [0, 0.1) is 6.57 Å². The smallest absolute Gasteiger partial charge is 0.260 e. The van der Waals surface area contributed by atoms with Gasteiger partial charge in [-0.15, -0.1) is 23.1 Å². The summed E-state index contributed by atoms with van der Waals surface area (Å²) in [6.07, 6.45) is 3.56. The lowest BCUT2D eigenvalue weighted by molar-refractivity contribution is 0.102. The van der Waals surface area contributed by atoms with Crippen LogP contribution in [0.15, 0.2) is 77.3 Å². The summed E-state index contributed by atoms with van der Waals surface area (Å²) in [4.78, 5) is 24.9. The average molecular weight is 444 g/mol. The van der Waals surface area contributed by atoms with E-state index in [1.54, 1.807) is 30.5 Å². The van der Waals surface area contributed by atoms with Crippen LogP contribution in [0.1, 0.15) is 10.4 Å². The molecule has 0 saturated heterocycles. The van der Waals surface area contributed by atoms with Gasteiger partial charge in [0.15, 0.2) is 10.8 Å². The van der Waals surface area contributed by atoms with Crippen LogP contribution in [0.4, 0.5) is 22.2 Å². The first-order chi connectivity index (χ1) is 15.2. The Bertz CT molecular complexity index is 1280. The second kappa shape index (κ2) is 9.43. The number of carbonyl (C=O) groups excluding carboxylic acids is 1. The van der Waals surface area contributed by atoms with Crippen LogP contribution >= 0.6 is 23.1 Å². The Kier molecular flexibility index (Phi) is 6.26. The molecule has 4 aromatic rings. The molecular formula is C23H17N5OS2. The largest absolute Gasteiger partial charge is 0.357 e. The Morgan fingerprint density at radius 1 is 1.10 bits per heavy atom. The number of rotatable bonds is 6. The van der Waals surface area contributed by atoms with E-state index in [9.17, 15) is 4.79 Å². The molecule has 2 aromatic heterocycles. The fourth-order valence-electron chi connectivity index (χ4n) is 2.93. The molecule has 0 atom stereocenters. The van der Waals surface area contributed by atoms with Gasteiger partial charge < -0.3 is 5.32 Å². The fraction of sp³-hybridized carbons (Fsp3) is 0.0435. The van der Waals surface area contributed by atoms with Gasteiger partial charge in [-0.1, -0.05) is 24.3 Å². The van der Waals surface area contributed by atoms with Crippen LogP contribution in [0.2, 0.25) is 0 Å². The van der Waals surface area contributed by atoms with Gasteiger partial charge in [-0.3, -0.25) is 10.1 Å². The molecule has 0 bridgehead atoms. The second-order valence-corrected chi connectivity index (χ2v) is 8.07. The lowest BCUT2D eigenvalue weighted by Gasteiger charge is -2.08. The normalized spacial score (nSPS) is 10.3. The standard InChI is InChI=1S/C23H17N5OS2/c1-24-16-7-4-9-18(13-16)26-17-8-3-6-15(12-17)20-14-31-23(27-20)28-21(29)19-10-5-11-25-22(19)30-2/h3-14,26H,2H3,(H,27,28,29). The molecule has 1 amide bonds. The highest BCUT2D eigenvalue weighted by molar-refractivity contribution is 7.98. The highest BCUT2D eigenvalue weighted by Crippen LogP contribution is 2.29. The van der Waals surface area contributed by atoms with E-state index in [1.165, 1.54) is 23.1 Å². The van der Waals surface area contributed by atoms with Crippen molar-refractivity contribution in [2.75, 3.05) is 16.9 Å². The Morgan fingerprint density at radius 2 is 1.90 bits per heavy atom. The number of nitrogens with one attached hydrogen (secondary N) is 2. The fourth-order valence-corrected chi connectivity index (χ4v) is 4.19. The zero-order valence-corrected chi connectivity index (χ0v) is 18.1. The third-order valence-electron chi connectivity index (χ3n) is 4.36. The summed E-state index contributed by atoms with van der Waals surface area (Å²) in [6.45, 7) is 7.15. The molecular weight excluding hydrogens is 426 g/mol. The second-order valence-electron chi connectivity index (χ2n) is 6.42. The molecule has 0 aliphatic rings. The first-order valence-corrected chi connectivity index (χ1v) is 11.4. The molecule has 0 aliphatic carbocycles. The van der Waals surface area contributed by atoms with Gasteiger partial charge >= 0.3 is 0 Å². The number of thioether (sulfide) groups is 1. The van der Waals surface area contributed by atoms with E-state index in [4.69, 9.17) is 6.57 Å². The highest BCUT2D eigenvalue weighted by Gasteiger charge is 2.14. The third-order valence-corrected chi connectivity index (χ3v) is 5.83. The third kappa shape index (κ3) is 4.91. The number of anilines is 3. The van der Waals surface area contributed by atoms with Crippen molar-refractivity contribution in [1.29, 1.82) is 0 Å². The van der Waals surface area contributed by atoms with Gasteiger partial charge in [0.1, 0.15) is 5.03 Å². The number of carbonyl (C=O) groups is 1. The molecule has 0 spiro atoms. The summed E-state index contributed by atoms with van der Waals surface area (Å²) in [7, 11) is 0. The molecule has 6 nitrogen and oxygen atoms in total. The molecule has 0 unspecified atom stereocenters. The van der Waals surface area contributed by atoms with Gasteiger partial charge in [0, 0.05) is 28.5 Å². The minimum atomic E-state index is -0.228. The van der Waals surface area contributed by atoms with Crippen LogP contribution in [-0.2, 0) is 0 Å². The van der Waals surface area contributed by atoms with Crippen molar-refractivity contribution in [3.8, 4) is 11.3 Å². The molecule has 0 saturated carbocycles. The maximum atomic E-state index is 12.6. The summed E-state index contributed by atoms with van der Waals surface area (Å²) in [5.41, 5.74) is 4.54. The summed E-state index contributed by atoms with van der Waals surface area (Å²) in [5.74, 6) is -0.228. The van der Waals surface area contributed by atoms with E-state index in [2.05, 4.69) is 25.4 Å². The van der Waals surface area contributed by atoms with Crippen LogP contribution in [0.25, 0.3) is 16.1 Å². The highest BCUT2D eigenvalue weighted by atomic mass is 32.2. The van der Waals surface area contributed by atoms with Gasteiger partial charge in [0.05, 0.1) is 17.8 Å². The molecule has 2 aromatic carbocycles. The SMILES string of the molecule is [C-]#[N+]c1cccc(Nc2cccc(-c3csc(NC(=O)c4cccnc4SC)n3)c2)c1. The Balaban J connectivity index is 1.51. The van der Waals surface area contributed by atoms with E-state index in [1.807, 2.05) is 48.0 Å². The minimum absolute atomic E-state index is 0.228. The van der Waals surface area contributed by atoms with Crippen molar-refractivity contribution >= 4 is 51.2 Å². The maximum absolute atomic E-state index is 12.6. The van der Waals surface area contributed by atoms with Crippen molar-refractivity contribution in [1.82, 2.24) is 9.97 Å². The van der Waals surface area contributed by atoms with Crippen LogP contribution in [0.5, 0.6) is 0 Å². The first kappa shape index (κ1) is 20.6. The van der Waals surface area contributed by atoms with Gasteiger partial charge in [0.2, 0.25) is 0 Å². The Labute approximate surface area is 188 Å². The van der Waals surface area contributed by atoms with Crippen LogP contribution in [-0.4, -0.2) is 22.1 Å². The van der Waals surface area contributed by atoms with E-state index in [0.717, 1.165) is 22.6 Å². The van der Waals surface area contributed by atoms with Gasteiger partial charge in [-0.25, -0.2) is 14.8 Å². The summed E-state index contributed by atoms with van der Waals surface area (Å²) in [5, 5.41) is 9.29. The molecule has 152 valence electrons. The Hall–Kier alpha value is -3.67. The number of hydrogen-bond donors (Lipinski definition) is 2. The number of nitrogens with zero attached hydrogens (tertiary/aromatic N) is 3. The number of aromatic nitrogens is 2. The lowest BCUT2D eigenvalue weighted by atomic mass is 10.1. The Morgan fingerprint density at radius 3 is 2.71 bits per heavy atom. The molecule has 2 heterocycles. The monoisotopic (exact) mass is 443 g/mol. The number of pyridine rings is 1. The molecule has 8 heteroatoms. The number of hydrogen-bond acceptors (Lipinski definition) is 6. The van der Waals surface area contributed by atoms with Crippen molar-refractivity contribution in [3.05, 3.63) is 89.2 Å². The predicted molar refractivity (Wildman–Crippen MR) is 128 cm³/mol. The van der Waals surface area contributed by atoms with Crippen molar-refractivity contribution in [3.63, 3.8) is 0 Å². The van der Waals surface area contributed by atoms with Crippen molar-refractivity contribution in [2.24, 2.45) is 0 Å². The molecule has 2 N–H and O–H groups in total. The topological polar surface area (TPSA) is 71.3 Å². The van der Waals surface area contributed by atoms with Crippen LogP contribution < -0.4 is 10.6 Å². The molecule has 0 aliphatic heterocycles. The zero-order valence-electron chi connectivity index (χ0n) is 16.5. The summed E-state index contributed by atoms with van der Waals surface area (Å²) in [6, 6.07) is 18.7. The van der Waals surface area contributed by atoms with Gasteiger partial charge in [-0.05, 0) is 42.7 Å². The lowest BCUT2D eigenvalue weighted by Crippen LogP contribution is -2.13. The maximum Gasteiger partial charge on any atom is 0.260 e. The predicted octanol–water partition coefficient (Wildman–Crippen LogP) is 6.47. The minimum Gasteiger partial charge on any atom is -0.357 e. The summed E-state index contributed by atoms with van der Waals surface area (Å²) < 4.78 is 0. The van der Waals surface area contributed by atoms with E-state index < -0.39 is 0 Å². The molecule has 31 heavy (non-hydrogen) atoms. The summed E-state index contributed by atoms with van der Waals surface area (Å²) >= 11 is 2.80. The molecule has 4 rings (SSSR count). The van der Waals surface area contributed by atoms with E-state index in [0.29, 0.717) is 21.4 Å². The number of amides is 1. The van der Waals surface area contributed by atoms with Crippen molar-refractivity contribution < 1.29 is 4.79 Å². The van der Waals surface area contributed by atoms with Gasteiger partial charge in [0.25, 0.3) is 5.91 Å². The quantitative estimate of drug-likeness (QED) is 0.264. The van der Waals surface area contributed by atoms with Crippen molar-refractivity contribution in [2.45, 2.75) is 5.03 Å².